The van der Waals surface area contributed by atoms with Gasteiger partial charge in [0.2, 0.25) is 0 Å². The van der Waals surface area contributed by atoms with Crippen LogP contribution in [0.2, 0.25) is 0 Å². The summed E-state index contributed by atoms with van der Waals surface area (Å²) in [6, 6.07) is 3.54. The fourth-order valence-corrected chi connectivity index (χ4v) is 1.43. The van der Waals surface area contributed by atoms with Crippen molar-refractivity contribution in [1.82, 2.24) is 0 Å². The van der Waals surface area contributed by atoms with E-state index in [0.29, 0.717) is 23.7 Å². The zero-order valence-electron chi connectivity index (χ0n) is 9.07. The van der Waals surface area contributed by atoms with Gasteiger partial charge >= 0.3 is 0 Å². The predicted octanol–water partition coefficient (Wildman–Crippen LogP) is 1.66. The summed E-state index contributed by atoms with van der Waals surface area (Å²) < 4.78 is 15.2. The lowest BCUT2D eigenvalue weighted by atomic mass is 10.1. The van der Waals surface area contributed by atoms with Gasteiger partial charge in [-0.15, -0.1) is 0 Å². The molecule has 1 rings (SSSR count). The molecule has 0 fully saturated rings. The topological polar surface area (TPSA) is 44.8 Å². The van der Waals surface area contributed by atoms with Crippen LogP contribution in [0.5, 0.6) is 11.5 Å². The standard InChI is InChI=1S/C11H14O4/c1-13-7-8-4-5-10(14-2)9(6-12)11(8)15-3/h4-6H,7H2,1-3H3. The maximum atomic E-state index is 10.9. The highest BCUT2D eigenvalue weighted by Gasteiger charge is 2.13. The largest absolute Gasteiger partial charge is 0.496 e. The van der Waals surface area contributed by atoms with Crippen molar-refractivity contribution in [1.29, 1.82) is 0 Å². The monoisotopic (exact) mass is 210 g/mol. The second-order valence-electron chi connectivity index (χ2n) is 2.92. The van der Waals surface area contributed by atoms with E-state index in [9.17, 15) is 4.79 Å². The van der Waals surface area contributed by atoms with E-state index >= 15 is 0 Å². The highest BCUT2D eigenvalue weighted by Crippen LogP contribution is 2.30. The Morgan fingerprint density at radius 3 is 2.40 bits per heavy atom. The number of carbonyl (C=O) groups excluding carboxylic acids is 1. The number of rotatable bonds is 5. The number of carbonyl (C=O) groups is 1. The van der Waals surface area contributed by atoms with Crippen LogP contribution in [0.3, 0.4) is 0 Å². The molecule has 0 atom stereocenters. The third-order valence-electron chi connectivity index (χ3n) is 2.08. The zero-order chi connectivity index (χ0) is 11.3. The zero-order valence-corrected chi connectivity index (χ0v) is 9.07. The van der Waals surface area contributed by atoms with Crippen LogP contribution < -0.4 is 9.47 Å². The molecule has 0 aliphatic heterocycles. The van der Waals surface area contributed by atoms with Gasteiger partial charge in [-0.05, 0) is 12.1 Å². The van der Waals surface area contributed by atoms with E-state index in [1.165, 1.54) is 14.2 Å². The molecule has 1 aromatic carbocycles. The van der Waals surface area contributed by atoms with E-state index in [2.05, 4.69) is 0 Å². The minimum atomic E-state index is 0.397. The van der Waals surface area contributed by atoms with Gasteiger partial charge in [-0.3, -0.25) is 4.79 Å². The van der Waals surface area contributed by atoms with Crippen molar-refractivity contribution in [3.05, 3.63) is 23.3 Å². The first-order chi connectivity index (χ1) is 7.28. The van der Waals surface area contributed by atoms with Gasteiger partial charge in [0.1, 0.15) is 11.5 Å². The normalized spacial score (nSPS) is 9.80. The Morgan fingerprint density at radius 1 is 1.20 bits per heavy atom. The molecule has 0 N–H and O–H groups in total. The summed E-state index contributed by atoms with van der Waals surface area (Å²) in [4.78, 5) is 10.9. The molecule has 0 heterocycles. The average Bonchev–Trinajstić information content (AvgIpc) is 2.28. The number of aldehydes is 1. The number of hydrogen-bond acceptors (Lipinski definition) is 4. The molecule has 0 aliphatic carbocycles. The fourth-order valence-electron chi connectivity index (χ4n) is 1.43. The molecular weight excluding hydrogens is 196 g/mol. The van der Waals surface area contributed by atoms with Crippen molar-refractivity contribution in [3.63, 3.8) is 0 Å². The summed E-state index contributed by atoms with van der Waals surface area (Å²) in [5.41, 5.74) is 1.23. The molecule has 0 radical (unpaired) electrons. The van der Waals surface area contributed by atoms with Crippen molar-refractivity contribution < 1.29 is 19.0 Å². The van der Waals surface area contributed by atoms with Gasteiger partial charge in [-0.2, -0.15) is 0 Å². The second kappa shape index (κ2) is 5.36. The lowest BCUT2D eigenvalue weighted by molar-refractivity contribution is 0.111. The lowest BCUT2D eigenvalue weighted by Gasteiger charge is -2.12. The van der Waals surface area contributed by atoms with Crippen LogP contribution >= 0.6 is 0 Å². The van der Waals surface area contributed by atoms with Gasteiger partial charge in [-0.1, -0.05) is 0 Å². The van der Waals surface area contributed by atoms with E-state index in [4.69, 9.17) is 14.2 Å². The van der Waals surface area contributed by atoms with Gasteiger partial charge in [-0.25, -0.2) is 0 Å². The van der Waals surface area contributed by atoms with Crippen molar-refractivity contribution in [3.8, 4) is 11.5 Å². The first kappa shape index (κ1) is 11.5. The Morgan fingerprint density at radius 2 is 1.93 bits per heavy atom. The summed E-state index contributed by atoms with van der Waals surface area (Å²) >= 11 is 0. The van der Waals surface area contributed by atoms with Gasteiger partial charge in [0.05, 0.1) is 26.4 Å². The SMILES string of the molecule is COCc1ccc(OC)c(C=O)c1OC. The van der Waals surface area contributed by atoms with Crippen LogP contribution in [-0.2, 0) is 11.3 Å². The van der Waals surface area contributed by atoms with Crippen LogP contribution in [0.25, 0.3) is 0 Å². The third kappa shape index (κ3) is 2.27. The second-order valence-corrected chi connectivity index (χ2v) is 2.92. The molecule has 4 heteroatoms. The highest BCUT2D eigenvalue weighted by molar-refractivity contribution is 5.84. The van der Waals surface area contributed by atoms with E-state index in [0.717, 1.165) is 11.8 Å². The van der Waals surface area contributed by atoms with Crippen molar-refractivity contribution >= 4 is 6.29 Å². The molecule has 15 heavy (non-hydrogen) atoms. The molecule has 1 aromatic rings. The molecule has 0 aromatic heterocycles. The van der Waals surface area contributed by atoms with Gasteiger partial charge < -0.3 is 14.2 Å². The Labute approximate surface area is 88.8 Å². The molecular formula is C11H14O4. The molecule has 0 saturated carbocycles. The number of hydrogen-bond donors (Lipinski definition) is 0. The molecule has 0 saturated heterocycles. The smallest absolute Gasteiger partial charge is 0.157 e. The van der Waals surface area contributed by atoms with Crippen molar-refractivity contribution in [2.45, 2.75) is 6.61 Å². The van der Waals surface area contributed by atoms with Crippen LogP contribution in [0.1, 0.15) is 15.9 Å². The summed E-state index contributed by atoms with van der Waals surface area (Å²) in [6.07, 6.45) is 0.719. The summed E-state index contributed by atoms with van der Waals surface area (Å²) in [5, 5.41) is 0. The first-order valence-electron chi connectivity index (χ1n) is 4.46. The molecule has 0 unspecified atom stereocenters. The number of methoxy groups -OCH3 is 3. The van der Waals surface area contributed by atoms with E-state index in [-0.39, 0.29) is 0 Å². The van der Waals surface area contributed by atoms with E-state index in [1.807, 2.05) is 6.07 Å². The minimum absolute atomic E-state index is 0.397. The Balaban J connectivity index is 3.27. The van der Waals surface area contributed by atoms with Crippen LogP contribution in [-0.4, -0.2) is 27.6 Å². The quantitative estimate of drug-likeness (QED) is 0.693. The van der Waals surface area contributed by atoms with Crippen molar-refractivity contribution in [2.24, 2.45) is 0 Å². The summed E-state index contributed by atoms with van der Waals surface area (Å²) in [6.45, 7) is 0.397. The molecule has 0 amide bonds. The highest BCUT2D eigenvalue weighted by atomic mass is 16.5. The minimum Gasteiger partial charge on any atom is -0.496 e. The van der Waals surface area contributed by atoms with E-state index in [1.54, 1.807) is 13.2 Å². The van der Waals surface area contributed by atoms with Gasteiger partial charge in [0.25, 0.3) is 0 Å². The lowest BCUT2D eigenvalue weighted by Crippen LogP contribution is -2.00. The maximum absolute atomic E-state index is 10.9. The van der Waals surface area contributed by atoms with Crippen LogP contribution in [0.4, 0.5) is 0 Å². The van der Waals surface area contributed by atoms with Crippen molar-refractivity contribution in [2.75, 3.05) is 21.3 Å². The van der Waals surface area contributed by atoms with Crippen LogP contribution in [0, 0.1) is 0 Å². The number of benzene rings is 1. The molecule has 4 nitrogen and oxygen atoms in total. The first-order valence-corrected chi connectivity index (χ1v) is 4.46. The summed E-state index contributed by atoms with van der Waals surface area (Å²) in [7, 11) is 4.61. The summed E-state index contributed by atoms with van der Waals surface area (Å²) in [5.74, 6) is 1.01. The van der Waals surface area contributed by atoms with Crippen LogP contribution in [0.15, 0.2) is 12.1 Å². The van der Waals surface area contributed by atoms with Gasteiger partial charge in [0, 0.05) is 12.7 Å². The fraction of sp³-hybridized carbons (Fsp3) is 0.364. The third-order valence-corrected chi connectivity index (χ3v) is 2.08. The molecule has 0 bridgehead atoms. The molecule has 0 aliphatic rings. The Bertz CT molecular complexity index is 347. The van der Waals surface area contributed by atoms with E-state index < -0.39 is 0 Å². The maximum Gasteiger partial charge on any atom is 0.157 e. The Kier molecular flexibility index (Phi) is 4.12. The van der Waals surface area contributed by atoms with Gasteiger partial charge in [0.15, 0.2) is 6.29 Å². The predicted molar refractivity (Wildman–Crippen MR) is 55.6 cm³/mol. The number of ether oxygens (including phenoxy) is 3. The molecule has 82 valence electrons. The average molecular weight is 210 g/mol. The Hall–Kier alpha value is -1.55. The molecule has 0 spiro atoms.